The maximum atomic E-state index is 12.8. The predicted octanol–water partition coefficient (Wildman–Crippen LogP) is 2.73. The Morgan fingerprint density at radius 3 is 2.43 bits per heavy atom. The fraction of sp³-hybridized carbons (Fsp3) is 0.600. The van der Waals surface area contributed by atoms with Gasteiger partial charge in [0.1, 0.15) is 0 Å². The molecule has 28 heavy (non-hydrogen) atoms. The van der Waals surface area contributed by atoms with Crippen molar-refractivity contribution in [2.24, 2.45) is 0 Å². The predicted molar refractivity (Wildman–Crippen MR) is 107 cm³/mol. The smallest absolute Gasteiger partial charge is 0.317 e. The monoisotopic (exact) mass is 427 g/mol. The van der Waals surface area contributed by atoms with E-state index in [9.17, 15) is 18.0 Å². The van der Waals surface area contributed by atoms with Gasteiger partial charge in [0, 0.05) is 17.1 Å². The van der Waals surface area contributed by atoms with E-state index in [0.717, 1.165) is 5.56 Å². The Kier molecular flexibility index (Phi) is 6.05. The van der Waals surface area contributed by atoms with Crippen molar-refractivity contribution in [2.45, 2.75) is 57.0 Å². The molecule has 1 heterocycles. The molecular formula is C20H26ClNO5S. The van der Waals surface area contributed by atoms with Crippen molar-refractivity contribution in [3.8, 4) is 0 Å². The van der Waals surface area contributed by atoms with Gasteiger partial charge >= 0.3 is 5.97 Å². The summed E-state index contributed by atoms with van der Waals surface area (Å²) < 4.78 is 29.1. The molecule has 1 saturated heterocycles. The van der Waals surface area contributed by atoms with Crippen LogP contribution in [0.15, 0.2) is 24.3 Å². The van der Waals surface area contributed by atoms with Gasteiger partial charge in [-0.3, -0.25) is 9.59 Å². The van der Waals surface area contributed by atoms with E-state index in [2.05, 4.69) is 0 Å². The minimum atomic E-state index is -3.11. The molecule has 0 aromatic heterocycles. The van der Waals surface area contributed by atoms with E-state index >= 15 is 0 Å². The molecule has 1 aromatic carbocycles. The molecule has 1 aliphatic heterocycles. The highest BCUT2D eigenvalue weighted by Crippen LogP contribution is 2.49. The van der Waals surface area contributed by atoms with Crippen molar-refractivity contribution in [2.75, 3.05) is 18.1 Å². The van der Waals surface area contributed by atoms with Gasteiger partial charge in [-0.25, -0.2) is 8.42 Å². The Hall–Kier alpha value is -1.60. The summed E-state index contributed by atoms with van der Waals surface area (Å²) in [6, 6.07) is 6.63. The average molecular weight is 428 g/mol. The van der Waals surface area contributed by atoms with E-state index < -0.39 is 21.2 Å². The van der Waals surface area contributed by atoms with Crippen LogP contribution in [0.1, 0.15) is 45.1 Å². The zero-order valence-electron chi connectivity index (χ0n) is 16.2. The van der Waals surface area contributed by atoms with E-state index in [-0.39, 0.29) is 36.1 Å². The quantitative estimate of drug-likeness (QED) is 0.625. The third-order valence-corrected chi connectivity index (χ3v) is 7.82. The van der Waals surface area contributed by atoms with Crippen LogP contribution in [0.4, 0.5) is 0 Å². The second kappa shape index (κ2) is 8.03. The summed E-state index contributed by atoms with van der Waals surface area (Å²) in [7, 11) is -3.11. The highest BCUT2D eigenvalue weighted by molar-refractivity contribution is 7.91. The molecule has 2 fully saturated rings. The molecule has 1 amide bonds. The van der Waals surface area contributed by atoms with Crippen LogP contribution in [0.25, 0.3) is 0 Å². The molecule has 154 valence electrons. The third kappa shape index (κ3) is 4.35. The van der Waals surface area contributed by atoms with Crippen LogP contribution >= 0.6 is 11.6 Å². The van der Waals surface area contributed by atoms with E-state index in [4.69, 9.17) is 16.3 Å². The summed E-state index contributed by atoms with van der Waals surface area (Å²) in [4.78, 5) is 27.1. The molecule has 0 spiro atoms. The SMILES string of the molecule is CCC(C)N(C(=O)COC(=O)C1(c2ccc(Cl)cc2)CC1)C1CCS(=O)(=O)C1. The lowest BCUT2D eigenvalue weighted by Gasteiger charge is -2.33. The van der Waals surface area contributed by atoms with Crippen molar-refractivity contribution in [1.29, 1.82) is 0 Å². The van der Waals surface area contributed by atoms with Crippen molar-refractivity contribution < 1.29 is 22.7 Å². The molecule has 1 aromatic rings. The van der Waals surface area contributed by atoms with Crippen LogP contribution in [0, 0.1) is 0 Å². The minimum Gasteiger partial charge on any atom is -0.455 e. The molecule has 1 saturated carbocycles. The van der Waals surface area contributed by atoms with Gasteiger partial charge in [-0.15, -0.1) is 0 Å². The summed E-state index contributed by atoms with van der Waals surface area (Å²) in [6.07, 6.45) is 2.49. The van der Waals surface area contributed by atoms with Crippen molar-refractivity contribution in [1.82, 2.24) is 4.90 Å². The Morgan fingerprint density at radius 2 is 1.93 bits per heavy atom. The third-order valence-electron chi connectivity index (χ3n) is 5.82. The minimum absolute atomic E-state index is 0.0221. The lowest BCUT2D eigenvalue weighted by molar-refractivity contribution is -0.156. The zero-order valence-corrected chi connectivity index (χ0v) is 17.8. The lowest BCUT2D eigenvalue weighted by Crippen LogP contribution is -2.48. The number of ether oxygens (including phenoxy) is 1. The van der Waals surface area contributed by atoms with Gasteiger partial charge in [0.2, 0.25) is 0 Å². The average Bonchev–Trinajstić information content (AvgIpc) is 3.39. The summed E-state index contributed by atoms with van der Waals surface area (Å²) in [5, 5.41) is 0.596. The first-order valence-corrected chi connectivity index (χ1v) is 11.8. The molecule has 2 unspecified atom stereocenters. The Balaban J connectivity index is 1.66. The van der Waals surface area contributed by atoms with Gasteiger partial charge in [-0.2, -0.15) is 0 Å². The molecule has 3 rings (SSSR count). The summed E-state index contributed by atoms with van der Waals surface area (Å²) in [6.45, 7) is 3.47. The second-order valence-electron chi connectivity index (χ2n) is 7.78. The van der Waals surface area contributed by atoms with Crippen LogP contribution in [0.3, 0.4) is 0 Å². The molecule has 8 heteroatoms. The first-order valence-electron chi connectivity index (χ1n) is 9.63. The van der Waals surface area contributed by atoms with Crippen molar-refractivity contribution >= 4 is 33.3 Å². The fourth-order valence-electron chi connectivity index (χ4n) is 3.85. The fourth-order valence-corrected chi connectivity index (χ4v) is 5.68. The Morgan fingerprint density at radius 1 is 1.29 bits per heavy atom. The number of sulfone groups is 1. The number of benzene rings is 1. The molecule has 6 nitrogen and oxygen atoms in total. The Bertz CT molecular complexity index is 848. The summed E-state index contributed by atoms with van der Waals surface area (Å²) in [5.41, 5.74) is 0.151. The van der Waals surface area contributed by atoms with Crippen LogP contribution in [-0.4, -0.2) is 55.4 Å². The molecule has 1 aliphatic carbocycles. The van der Waals surface area contributed by atoms with Gasteiger partial charge in [0.25, 0.3) is 5.91 Å². The molecule has 0 bridgehead atoms. The number of carbonyl (C=O) groups excluding carboxylic acids is 2. The maximum absolute atomic E-state index is 12.8. The number of hydrogen-bond donors (Lipinski definition) is 0. The number of amides is 1. The first kappa shape index (κ1) is 21.1. The standard InChI is InChI=1S/C20H26ClNO5S/c1-3-14(2)22(17-8-11-28(25,26)13-17)18(23)12-27-19(24)20(9-10-20)15-4-6-16(21)7-5-15/h4-7,14,17H,3,8-13H2,1-2H3. The number of nitrogens with zero attached hydrogens (tertiary/aromatic N) is 1. The molecule has 2 atom stereocenters. The molecule has 0 N–H and O–H groups in total. The van der Waals surface area contributed by atoms with E-state index in [0.29, 0.717) is 30.7 Å². The maximum Gasteiger partial charge on any atom is 0.317 e. The topological polar surface area (TPSA) is 80.8 Å². The van der Waals surface area contributed by atoms with Gasteiger partial charge in [-0.05, 0) is 50.3 Å². The lowest BCUT2D eigenvalue weighted by atomic mass is 9.96. The van der Waals surface area contributed by atoms with Gasteiger partial charge < -0.3 is 9.64 Å². The van der Waals surface area contributed by atoms with Crippen LogP contribution < -0.4 is 0 Å². The zero-order chi connectivity index (χ0) is 20.5. The second-order valence-corrected chi connectivity index (χ2v) is 10.4. The van der Waals surface area contributed by atoms with Gasteiger partial charge in [0.15, 0.2) is 16.4 Å². The number of halogens is 1. The number of rotatable bonds is 7. The summed E-state index contributed by atoms with van der Waals surface area (Å²) >= 11 is 5.92. The van der Waals surface area contributed by atoms with E-state index in [1.165, 1.54) is 0 Å². The van der Waals surface area contributed by atoms with Crippen molar-refractivity contribution in [3.05, 3.63) is 34.9 Å². The van der Waals surface area contributed by atoms with Crippen LogP contribution in [0.2, 0.25) is 5.02 Å². The molecular weight excluding hydrogens is 402 g/mol. The van der Waals surface area contributed by atoms with Crippen molar-refractivity contribution in [3.63, 3.8) is 0 Å². The first-order chi connectivity index (χ1) is 13.2. The summed E-state index contributed by atoms with van der Waals surface area (Å²) in [5.74, 6) is -0.675. The number of esters is 1. The molecule has 0 radical (unpaired) electrons. The Labute approximate surface area is 171 Å². The normalized spacial score (nSPS) is 23.0. The van der Waals surface area contributed by atoms with Gasteiger partial charge in [-0.1, -0.05) is 30.7 Å². The van der Waals surface area contributed by atoms with Gasteiger partial charge in [0.05, 0.1) is 16.9 Å². The number of carbonyl (C=O) groups is 2. The highest BCUT2D eigenvalue weighted by atomic mass is 35.5. The van der Waals surface area contributed by atoms with E-state index in [1.54, 1.807) is 17.0 Å². The highest BCUT2D eigenvalue weighted by Gasteiger charge is 2.53. The van der Waals surface area contributed by atoms with Crippen LogP contribution in [0.5, 0.6) is 0 Å². The van der Waals surface area contributed by atoms with Crippen LogP contribution in [-0.2, 0) is 29.6 Å². The van der Waals surface area contributed by atoms with E-state index in [1.807, 2.05) is 26.0 Å². The number of hydrogen-bond acceptors (Lipinski definition) is 5. The largest absolute Gasteiger partial charge is 0.455 e. The molecule has 2 aliphatic rings.